The molecular formula is C8H11F3N4O2S. The van der Waals surface area contributed by atoms with E-state index >= 15 is 0 Å². The van der Waals surface area contributed by atoms with Crippen LogP contribution in [0.4, 0.5) is 19.1 Å². The first-order valence-corrected chi connectivity index (χ1v) is 6.17. The molecule has 0 aliphatic carbocycles. The molecule has 102 valence electrons. The third-order valence-corrected chi connectivity index (χ3v) is 3.88. The van der Waals surface area contributed by atoms with Gasteiger partial charge in [-0.2, -0.15) is 13.2 Å². The predicted molar refractivity (Wildman–Crippen MR) is 56.9 cm³/mol. The molecule has 1 heterocycles. The lowest BCUT2D eigenvalue weighted by Gasteiger charge is -2.17. The molecule has 6 nitrogen and oxygen atoms in total. The van der Waals surface area contributed by atoms with Crippen LogP contribution in [0, 0.1) is 0 Å². The maximum Gasteiger partial charge on any atom is 0.390 e. The SMILES string of the molecule is CN(CCC(F)(F)F)S(=O)(=O)c1cnc(N)nc1. The summed E-state index contributed by atoms with van der Waals surface area (Å²) in [6.07, 6.45) is -3.75. The molecule has 0 spiro atoms. The Morgan fingerprint density at radius 1 is 1.33 bits per heavy atom. The molecule has 0 fully saturated rings. The van der Waals surface area contributed by atoms with Crippen LogP contribution in [0.3, 0.4) is 0 Å². The summed E-state index contributed by atoms with van der Waals surface area (Å²) in [6.45, 7) is -0.670. The Morgan fingerprint density at radius 2 is 1.83 bits per heavy atom. The summed E-state index contributed by atoms with van der Waals surface area (Å²) in [5.74, 6) is -0.119. The monoisotopic (exact) mass is 284 g/mol. The Kier molecular flexibility index (Phi) is 4.12. The van der Waals surface area contributed by atoms with Crippen molar-refractivity contribution in [3.05, 3.63) is 12.4 Å². The highest BCUT2D eigenvalue weighted by molar-refractivity contribution is 7.89. The molecule has 1 rings (SSSR count). The lowest BCUT2D eigenvalue weighted by Crippen LogP contribution is -2.30. The van der Waals surface area contributed by atoms with Crippen LogP contribution in [0.1, 0.15) is 6.42 Å². The van der Waals surface area contributed by atoms with Gasteiger partial charge in [0.25, 0.3) is 0 Å². The second kappa shape index (κ2) is 5.06. The van der Waals surface area contributed by atoms with E-state index in [-0.39, 0.29) is 10.8 Å². The summed E-state index contributed by atoms with van der Waals surface area (Å²) in [5.41, 5.74) is 5.18. The molecule has 2 N–H and O–H groups in total. The molecule has 0 aliphatic heterocycles. The molecule has 0 unspecified atom stereocenters. The van der Waals surface area contributed by atoms with Gasteiger partial charge in [0.05, 0.1) is 18.8 Å². The number of alkyl halides is 3. The second-order valence-corrected chi connectivity index (χ2v) is 5.51. The summed E-state index contributed by atoms with van der Waals surface area (Å²) in [7, 11) is -2.97. The van der Waals surface area contributed by atoms with E-state index in [1.54, 1.807) is 0 Å². The Hall–Kier alpha value is -1.42. The third-order valence-electron chi connectivity index (χ3n) is 2.07. The minimum absolute atomic E-state index is 0.119. The van der Waals surface area contributed by atoms with Gasteiger partial charge in [-0.1, -0.05) is 0 Å². The van der Waals surface area contributed by atoms with Gasteiger partial charge in [0.15, 0.2) is 0 Å². The van der Waals surface area contributed by atoms with Gasteiger partial charge >= 0.3 is 6.18 Å². The molecule has 1 aromatic rings. The van der Waals surface area contributed by atoms with Crippen LogP contribution in [-0.2, 0) is 10.0 Å². The van der Waals surface area contributed by atoms with Crippen molar-refractivity contribution in [1.29, 1.82) is 0 Å². The van der Waals surface area contributed by atoms with Gasteiger partial charge in [-0.3, -0.25) is 0 Å². The summed E-state index contributed by atoms with van der Waals surface area (Å²) in [4.78, 5) is 6.65. The highest BCUT2D eigenvalue weighted by Crippen LogP contribution is 2.21. The summed E-state index contributed by atoms with van der Waals surface area (Å²) in [5, 5.41) is 0. The highest BCUT2D eigenvalue weighted by Gasteiger charge is 2.30. The van der Waals surface area contributed by atoms with E-state index in [0.29, 0.717) is 4.31 Å². The van der Waals surface area contributed by atoms with Crippen LogP contribution in [0.25, 0.3) is 0 Å². The fraction of sp³-hybridized carbons (Fsp3) is 0.500. The van der Waals surface area contributed by atoms with Crippen molar-refractivity contribution < 1.29 is 21.6 Å². The lowest BCUT2D eigenvalue weighted by atomic mass is 10.4. The van der Waals surface area contributed by atoms with Crippen LogP contribution < -0.4 is 5.73 Å². The minimum Gasteiger partial charge on any atom is -0.368 e. The first-order chi connectivity index (χ1) is 8.13. The van der Waals surface area contributed by atoms with E-state index in [0.717, 1.165) is 19.4 Å². The molecule has 0 radical (unpaired) electrons. The number of nitrogens with two attached hydrogens (primary N) is 1. The summed E-state index contributed by atoms with van der Waals surface area (Å²) >= 11 is 0. The van der Waals surface area contributed by atoms with E-state index in [1.165, 1.54) is 0 Å². The average molecular weight is 284 g/mol. The fourth-order valence-corrected chi connectivity index (χ4v) is 2.11. The number of rotatable bonds is 4. The largest absolute Gasteiger partial charge is 0.390 e. The van der Waals surface area contributed by atoms with Crippen LogP contribution >= 0.6 is 0 Å². The molecule has 0 bridgehead atoms. The Morgan fingerprint density at radius 3 is 2.28 bits per heavy atom. The Balaban J connectivity index is 2.83. The number of halogens is 3. The topological polar surface area (TPSA) is 89.2 Å². The number of nitrogens with zero attached hydrogens (tertiary/aromatic N) is 3. The first kappa shape index (κ1) is 14.6. The molecule has 0 amide bonds. The maximum absolute atomic E-state index is 12.0. The van der Waals surface area contributed by atoms with Crippen molar-refractivity contribution in [3.8, 4) is 0 Å². The normalized spacial score (nSPS) is 12.9. The third kappa shape index (κ3) is 3.81. The predicted octanol–water partition coefficient (Wildman–Crippen LogP) is 0.632. The Labute approximate surface area is 102 Å². The molecule has 0 atom stereocenters. The van der Waals surface area contributed by atoms with E-state index in [9.17, 15) is 21.6 Å². The minimum atomic E-state index is -4.42. The zero-order valence-electron chi connectivity index (χ0n) is 9.35. The number of hydrogen-bond donors (Lipinski definition) is 1. The van der Waals surface area contributed by atoms with Gasteiger partial charge in [0.1, 0.15) is 4.90 Å². The zero-order chi connectivity index (χ0) is 14.0. The fourth-order valence-electron chi connectivity index (χ4n) is 1.04. The van der Waals surface area contributed by atoms with E-state index in [2.05, 4.69) is 9.97 Å². The van der Waals surface area contributed by atoms with Crippen molar-refractivity contribution in [2.45, 2.75) is 17.5 Å². The van der Waals surface area contributed by atoms with Crippen molar-refractivity contribution >= 4 is 16.0 Å². The van der Waals surface area contributed by atoms with Crippen LogP contribution in [0.5, 0.6) is 0 Å². The standard InChI is InChI=1S/C8H11F3N4O2S/c1-15(3-2-8(9,10)11)18(16,17)6-4-13-7(12)14-5-6/h4-5H,2-3H2,1H3,(H2,12,13,14). The smallest absolute Gasteiger partial charge is 0.368 e. The molecule has 10 heteroatoms. The van der Waals surface area contributed by atoms with Gasteiger partial charge in [-0.25, -0.2) is 22.7 Å². The van der Waals surface area contributed by atoms with Crippen molar-refractivity contribution in [2.75, 3.05) is 19.3 Å². The molecular weight excluding hydrogens is 273 g/mol. The molecule has 18 heavy (non-hydrogen) atoms. The number of nitrogen functional groups attached to an aromatic ring is 1. The number of aromatic nitrogens is 2. The maximum atomic E-state index is 12.0. The van der Waals surface area contributed by atoms with Gasteiger partial charge in [-0.15, -0.1) is 0 Å². The van der Waals surface area contributed by atoms with Crippen LogP contribution in [0.2, 0.25) is 0 Å². The number of hydrogen-bond acceptors (Lipinski definition) is 5. The highest BCUT2D eigenvalue weighted by atomic mass is 32.2. The first-order valence-electron chi connectivity index (χ1n) is 4.73. The van der Waals surface area contributed by atoms with Crippen molar-refractivity contribution in [2.24, 2.45) is 0 Å². The molecule has 0 saturated carbocycles. The molecule has 0 aliphatic rings. The average Bonchev–Trinajstić information content (AvgIpc) is 2.25. The van der Waals surface area contributed by atoms with Gasteiger partial charge in [0, 0.05) is 13.6 Å². The van der Waals surface area contributed by atoms with E-state index in [1.807, 2.05) is 0 Å². The van der Waals surface area contributed by atoms with Crippen molar-refractivity contribution in [3.63, 3.8) is 0 Å². The van der Waals surface area contributed by atoms with Gasteiger partial charge in [0.2, 0.25) is 16.0 Å². The second-order valence-electron chi connectivity index (χ2n) is 3.47. The zero-order valence-corrected chi connectivity index (χ0v) is 10.2. The van der Waals surface area contributed by atoms with Crippen LogP contribution in [-0.4, -0.2) is 42.5 Å². The number of anilines is 1. The van der Waals surface area contributed by atoms with Crippen LogP contribution in [0.15, 0.2) is 17.3 Å². The lowest BCUT2D eigenvalue weighted by molar-refractivity contribution is -0.135. The summed E-state index contributed by atoms with van der Waals surface area (Å²) in [6, 6.07) is 0. The quantitative estimate of drug-likeness (QED) is 0.876. The van der Waals surface area contributed by atoms with Gasteiger partial charge < -0.3 is 5.73 Å². The Bertz CT molecular complexity index is 500. The number of sulfonamides is 1. The van der Waals surface area contributed by atoms with Crippen molar-refractivity contribution in [1.82, 2.24) is 14.3 Å². The van der Waals surface area contributed by atoms with Gasteiger partial charge in [-0.05, 0) is 0 Å². The molecule has 0 aromatic carbocycles. The van der Waals surface area contributed by atoms with E-state index < -0.39 is 29.2 Å². The molecule has 1 aromatic heterocycles. The summed E-state index contributed by atoms with van der Waals surface area (Å²) < 4.78 is 60.2. The van der Waals surface area contributed by atoms with E-state index in [4.69, 9.17) is 5.73 Å². The molecule has 0 saturated heterocycles.